The van der Waals surface area contributed by atoms with Gasteiger partial charge in [0.25, 0.3) is 0 Å². The minimum atomic E-state index is 0.509. The van der Waals surface area contributed by atoms with Crippen molar-refractivity contribution in [3.8, 4) is 0 Å². The highest BCUT2D eigenvalue weighted by Gasteiger charge is 2.02. The summed E-state index contributed by atoms with van der Waals surface area (Å²) in [5.74, 6) is 1.30. The second-order valence-corrected chi connectivity index (χ2v) is 2.81. The van der Waals surface area contributed by atoms with Crippen molar-refractivity contribution in [3.63, 3.8) is 0 Å². The van der Waals surface area contributed by atoms with E-state index in [-0.39, 0.29) is 0 Å². The third-order valence-corrected chi connectivity index (χ3v) is 1.67. The molecule has 2 rings (SSSR count). The monoisotopic (exact) mass is 194 g/mol. The lowest BCUT2D eigenvalue weighted by molar-refractivity contribution is 0.709. The lowest BCUT2D eigenvalue weighted by Crippen LogP contribution is -2.07. The van der Waals surface area contributed by atoms with E-state index in [1.165, 1.54) is 0 Å². The Bertz CT molecular complexity index is 415. The van der Waals surface area contributed by atoms with Gasteiger partial charge in [-0.05, 0) is 10.4 Å². The summed E-state index contributed by atoms with van der Waals surface area (Å²) in [5.41, 5.74) is 0. The second kappa shape index (κ2) is 3.40. The maximum atomic E-state index is 4.10. The smallest absolute Gasteiger partial charge is 0.243 e. The second-order valence-electron chi connectivity index (χ2n) is 2.81. The van der Waals surface area contributed by atoms with E-state index in [9.17, 15) is 0 Å². The van der Waals surface area contributed by atoms with Crippen molar-refractivity contribution in [3.05, 3.63) is 12.2 Å². The molecule has 0 amide bonds. The van der Waals surface area contributed by atoms with Crippen LogP contribution in [0.25, 0.3) is 0 Å². The summed E-state index contributed by atoms with van der Waals surface area (Å²) in [7, 11) is 3.58. The molecular formula is C6H10N8. The third-order valence-electron chi connectivity index (χ3n) is 1.67. The minimum Gasteiger partial charge on any atom is -0.346 e. The third kappa shape index (κ3) is 1.68. The molecule has 0 unspecified atom stereocenters. The van der Waals surface area contributed by atoms with Crippen LogP contribution in [0.15, 0.2) is 6.33 Å². The molecule has 0 aromatic carbocycles. The fraction of sp³-hybridized carbons (Fsp3) is 0.500. The lowest BCUT2D eigenvalue weighted by atomic mass is 10.6. The summed E-state index contributed by atoms with van der Waals surface area (Å²) in [4.78, 5) is 4.06. The van der Waals surface area contributed by atoms with Crippen molar-refractivity contribution in [2.75, 3.05) is 5.32 Å². The Morgan fingerprint density at radius 3 is 2.86 bits per heavy atom. The van der Waals surface area contributed by atoms with Gasteiger partial charge in [0.2, 0.25) is 5.95 Å². The number of rotatable bonds is 3. The lowest BCUT2D eigenvalue weighted by Gasteiger charge is -1.99. The van der Waals surface area contributed by atoms with Crippen molar-refractivity contribution < 1.29 is 0 Å². The van der Waals surface area contributed by atoms with E-state index >= 15 is 0 Å². The predicted molar refractivity (Wildman–Crippen MR) is 47.1 cm³/mol. The highest BCUT2D eigenvalue weighted by atomic mass is 15.6. The number of aryl methyl sites for hydroxylation is 2. The minimum absolute atomic E-state index is 0.509. The van der Waals surface area contributed by atoms with Gasteiger partial charge >= 0.3 is 0 Å². The van der Waals surface area contributed by atoms with Crippen LogP contribution in [0.2, 0.25) is 0 Å². The van der Waals surface area contributed by atoms with Crippen LogP contribution in [0.4, 0.5) is 5.95 Å². The molecule has 8 nitrogen and oxygen atoms in total. The summed E-state index contributed by atoms with van der Waals surface area (Å²) in [6.45, 7) is 0.509. The Morgan fingerprint density at radius 1 is 1.43 bits per heavy atom. The van der Waals surface area contributed by atoms with Crippen LogP contribution in [0, 0.1) is 0 Å². The molecule has 0 aliphatic heterocycles. The Morgan fingerprint density at radius 2 is 2.29 bits per heavy atom. The number of hydrogen-bond donors (Lipinski definition) is 1. The summed E-state index contributed by atoms with van der Waals surface area (Å²) in [5, 5.41) is 18.1. The molecule has 2 aromatic rings. The molecule has 0 aliphatic rings. The first-order chi connectivity index (χ1) is 6.75. The molecule has 0 spiro atoms. The van der Waals surface area contributed by atoms with Gasteiger partial charge in [0, 0.05) is 14.1 Å². The fourth-order valence-electron chi connectivity index (χ4n) is 1.00. The molecule has 0 aliphatic carbocycles. The average Bonchev–Trinajstić information content (AvgIpc) is 2.72. The predicted octanol–water partition coefficient (Wildman–Crippen LogP) is -1.05. The number of hydrogen-bond acceptors (Lipinski definition) is 6. The van der Waals surface area contributed by atoms with Crippen molar-refractivity contribution >= 4 is 5.95 Å². The van der Waals surface area contributed by atoms with Gasteiger partial charge in [-0.15, -0.1) is 0 Å². The summed E-state index contributed by atoms with van der Waals surface area (Å²) >= 11 is 0. The summed E-state index contributed by atoms with van der Waals surface area (Å²) in [6, 6.07) is 0. The van der Waals surface area contributed by atoms with Crippen molar-refractivity contribution in [1.82, 2.24) is 35.0 Å². The normalized spacial score (nSPS) is 10.4. The van der Waals surface area contributed by atoms with E-state index in [0.717, 1.165) is 0 Å². The molecular weight excluding hydrogens is 184 g/mol. The van der Waals surface area contributed by atoms with Gasteiger partial charge in [-0.25, -0.2) is 9.67 Å². The van der Waals surface area contributed by atoms with E-state index in [1.807, 2.05) is 7.05 Å². The van der Waals surface area contributed by atoms with E-state index in [2.05, 4.69) is 30.9 Å². The molecule has 8 heteroatoms. The molecule has 1 N–H and O–H groups in total. The topological polar surface area (TPSA) is 86.3 Å². The molecule has 0 fully saturated rings. The maximum absolute atomic E-state index is 4.10. The van der Waals surface area contributed by atoms with Crippen molar-refractivity contribution in [2.24, 2.45) is 14.1 Å². The number of tetrazole rings is 1. The van der Waals surface area contributed by atoms with Gasteiger partial charge < -0.3 is 5.32 Å². The van der Waals surface area contributed by atoms with Crippen LogP contribution in [-0.2, 0) is 20.6 Å². The van der Waals surface area contributed by atoms with Crippen LogP contribution in [0.3, 0.4) is 0 Å². The quantitative estimate of drug-likeness (QED) is 0.671. The van der Waals surface area contributed by atoms with Gasteiger partial charge in [0.15, 0.2) is 5.82 Å². The van der Waals surface area contributed by atoms with Crippen LogP contribution in [-0.4, -0.2) is 35.0 Å². The van der Waals surface area contributed by atoms with Gasteiger partial charge in [-0.3, -0.25) is 4.68 Å². The Hall–Kier alpha value is -1.99. The van der Waals surface area contributed by atoms with E-state index in [1.54, 1.807) is 22.7 Å². The summed E-state index contributed by atoms with van der Waals surface area (Å²) < 4.78 is 3.19. The SMILES string of the molecule is Cn1cnc(CNc2nnnn2C)n1. The molecule has 0 saturated carbocycles. The number of aromatic nitrogens is 7. The van der Waals surface area contributed by atoms with Gasteiger partial charge in [-0.1, -0.05) is 5.10 Å². The van der Waals surface area contributed by atoms with Crippen LogP contribution in [0.1, 0.15) is 5.82 Å². The van der Waals surface area contributed by atoms with Crippen LogP contribution in [0.5, 0.6) is 0 Å². The molecule has 14 heavy (non-hydrogen) atoms. The Balaban J connectivity index is 1.98. The van der Waals surface area contributed by atoms with Gasteiger partial charge in [0.05, 0.1) is 6.54 Å². The van der Waals surface area contributed by atoms with Gasteiger partial charge in [0.1, 0.15) is 6.33 Å². The Kier molecular flexibility index (Phi) is 2.09. The van der Waals surface area contributed by atoms with Crippen LogP contribution >= 0.6 is 0 Å². The number of nitrogens with one attached hydrogen (secondary N) is 1. The average molecular weight is 194 g/mol. The first kappa shape index (κ1) is 8.60. The van der Waals surface area contributed by atoms with Crippen molar-refractivity contribution in [2.45, 2.75) is 6.54 Å². The fourth-order valence-corrected chi connectivity index (χ4v) is 1.00. The standard InChI is InChI=1S/C6H10N8/c1-13-4-8-5(10-13)3-7-6-9-11-12-14(6)2/h4H,3H2,1-2H3,(H,7,9,12). The zero-order valence-corrected chi connectivity index (χ0v) is 7.91. The molecule has 0 saturated heterocycles. The molecule has 74 valence electrons. The highest BCUT2D eigenvalue weighted by Crippen LogP contribution is 1.98. The Labute approximate surface area is 79.9 Å². The zero-order valence-electron chi connectivity index (χ0n) is 7.91. The first-order valence-electron chi connectivity index (χ1n) is 4.06. The number of nitrogens with zero attached hydrogens (tertiary/aromatic N) is 7. The molecule has 2 heterocycles. The maximum Gasteiger partial charge on any atom is 0.243 e. The molecule has 0 atom stereocenters. The first-order valence-corrected chi connectivity index (χ1v) is 4.06. The molecule has 0 radical (unpaired) electrons. The van der Waals surface area contributed by atoms with E-state index in [0.29, 0.717) is 18.3 Å². The largest absolute Gasteiger partial charge is 0.346 e. The zero-order chi connectivity index (χ0) is 9.97. The number of anilines is 1. The van der Waals surface area contributed by atoms with Crippen LogP contribution < -0.4 is 5.32 Å². The van der Waals surface area contributed by atoms with Gasteiger partial charge in [-0.2, -0.15) is 5.10 Å². The van der Waals surface area contributed by atoms with E-state index < -0.39 is 0 Å². The molecule has 2 aromatic heterocycles. The van der Waals surface area contributed by atoms with Crippen molar-refractivity contribution in [1.29, 1.82) is 0 Å². The van der Waals surface area contributed by atoms with E-state index in [4.69, 9.17) is 0 Å². The highest BCUT2D eigenvalue weighted by molar-refractivity contribution is 5.21. The molecule has 0 bridgehead atoms. The summed E-state index contributed by atoms with van der Waals surface area (Å²) in [6.07, 6.45) is 1.64.